The summed E-state index contributed by atoms with van der Waals surface area (Å²) in [5, 5.41) is 8.57. The summed E-state index contributed by atoms with van der Waals surface area (Å²) in [6.45, 7) is 0.571. The van der Waals surface area contributed by atoms with Gasteiger partial charge < -0.3 is 15.0 Å². The number of halogens is 3. The Hall–Kier alpha value is -5.50. The number of ether oxygens (including phenoxy) is 1. The highest BCUT2D eigenvalue weighted by molar-refractivity contribution is 7.23. The number of aromatic amines is 1. The monoisotopic (exact) mass is 724 g/mol. The van der Waals surface area contributed by atoms with Gasteiger partial charge in [0.15, 0.2) is 5.82 Å². The number of benzene rings is 2. The molecule has 1 amide bonds. The number of carbonyl (C=O) groups excluding carboxylic acids is 1. The van der Waals surface area contributed by atoms with Crippen LogP contribution < -0.4 is 15.8 Å². The van der Waals surface area contributed by atoms with E-state index >= 15 is 0 Å². The molecule has 0 unspecified atom stereocenters. The minimum absolute atomic E-state index is 0.00891. The lowest BCUT2D eigenvalue weighted by atomic mass is 9.92. The molecule has 264 valence electrons. The molecule has 10 nitrogen and oxygen atoms in total. The minimum atomic E-state index is -4.53. The van der Waals surface area contributed by atoms with Crippen molar-refractivity contribution < 1.29 is 27.2 Å². The molecule has 2 aliphatic heterocycles. The average molecular weight is 725 g/mol. The number of amides is 1. The summed E-state index contributed by atoms with van der Waals surface area (Å²) in [5.74, 6) is 0.625. The maximum Gasteiger partial charge on any atom is 0.439 e. The summed E-state index contributed by atoms with van der Waals surface area (Å²) in [5.41, 5.74) is 4.03. The predicted molar refractivity (Wildman–Crippen MR) is 189 cm³/mol. The molecule has 1 saturated heterocycles. The standard InChI is InChI=1S/C38H31F3N6O4S/c1-50-27-10-4-7-21-22(27)12-14-24(21)44-35-33-20(15-16-42-35)18-28(52-33)30-29(34-45-37(49)51-46-34)25(13-11-19-6-2-3-8-23(19)38(39,40)41)43-32-26-9-5-17-47(26)36(48)31(30)32/h2-4,6-8,10,15-16,18,24,26H,5,9,11-14,17H2,1H3,(H,42,44)(H,45,46,49)/t24-,26+/m1/s1. The number of pyridine rings is 2. The molecule has 2 N–H and O–H groups in total. The number of nitrogens with zero attached hydrogens (tertiary/aromatic N) is 4. The normalized spacial score (nSPS) is 17.8. The third-order valence-electron chi connectivity index (χ3n) is 10.4. The number of fused-ring (bicyclic) bond motifs is 5. The van der Waals surface area contributed by atoms with Crippen molar-refractivity contribution in [3.63, 3.8) is 0 Å². The van der Waals surface area contributed by atoms with Crippen molar-refractivity contribution in [1.29, 1.82) is 0 Å². The van der Waals surface area contributed by atoms with Gasteiger partial charge >= 0.3 is 11.9 Å². The van der Waals surface area contributed by atoms with E-state index in [2.05, 4.69) is 21.5 Å². The number of anilines is 1. The zero-order valence-electron chi connectivity index (χ0n) is 27.8. The largest absolute Gasteiger partial charge is 0.496 e. The lowest BCUT2D eigenvalue weighted by molar-refractivity contribution is -0.138. The second-order valence-electron chi connectivity index (χ2n) is 13.3. The predicted octanol–water partition coefficient (Wildman–Crippen LogP) is 7.90. The molecule has 6 heterocycles. The Labute approximate surface area is 298 Å². The number of thiophene rings is 1. The number of hydrogen-bond acceptors (Lipinski definition) is 9. The first-order valence-corrected chi connectivity index (χ1v) is 17.9. The van der Waals surface area contributed by atoms with Crippen molar-refractivity contribution in [3.8, 4) is 27.6 Å². The third-order valence-corrected chi connectivity index (χ3v) is 11.6. The summed E-state index contributed by atoms with van der Waals surface area (Å²) in [4.78, 5) is 41.5. The highest BCUT2D eigenvalue weighted by Gasteiger charge is 2.45. The van der Waals surface area contributed by atoms with Crippen LogP contribution >= 0.6 is 11.3 Å². The van der Waals surface area contributed by atoms with Crippen LogP contribution in [0.3, 0.4) is 0 Å². The van der Waals surface area contributed by atoms with Crippen LogP contribution in [0.2, 0.25) is 0 Å². The first kappa shape index (κ1) is 32.4. The van der Waals surface area contributed by atoms with E-state index in [4.69, 9.17) is 19.2 Å². The van der Waals surface area contributed by atoms with E-state index in [0.717, 1.165) is 53.1 Å². The summed E-state index contributed by atoms with van der Waals surface area (Å²) in [6, 6.07) is 15.2. The molecule has 0 radical (unpaired) electrons. The maximum absolute atomic E-state index is 14.2. The molecule has 3 aliphatic rings. The van der Waals surface area contributed by atoms with E-state index in [1.165, 1.54) is 29.0 Å². The fourth-order valence-corrected chi connectivity index (χ4v) is 9.32. The molecule has 1 fully saturated rings. The third kappa shape index (κ3) is 5.26. The van der Waals surface area contributed by atoms with E-state index in [9.17, 15) is 22.8 Å². The highest BCUT2D eigenvalue weighted by atomic mass is 32.1. The van der Waals surface area contributed by atoms with Crippen LogP contribution in [0.15, 0.2) is 70.1 Å². The van der Waals surface area contributed by atoms with Crippen LogP contribution in [0, 0.1) is 0 Å². The molecule has 1 aliphatic carbocycles. The van der Waals surface area contributed by atoms with Gasteiger partial charge in [-0.15, -0.1) is 11.3 Å². The molecule has 0 spiro atoms. The fraction of sp³-hybridized carbons (Fsp3) is 0.289. The van der Waals surface area contributed by atoms with Crippen molar-refractivity contribution in [3.05, 3.63) is 111 Å². The molecule has 14 heteroatoms. The quantitative estimate of drug-likeness (QED) is 0.162. The van der Waals surface area contributed by atoms with Crippen LogP contribution in [-0.4, -0.2) is 44.6 Å². The van der Waals surface area contributed by atoms with Gasteiger partial charge in [-0.25, -0.2) is 9.78 Å². The van der Waals surface area contributed by atoms with Gasteiger partial charge in [0.1, 0.15) is 11.6 Å². The van der Waals surface area contributed by atoms with Gasteiger partial charge in [-0.3, -0.25) is 19.3 Å². The molecular weight excluding hydrogens is 694 g/mol. The Morgan fingerprint density at radius 2 is 1.92 bits per heavy atom. The molecule has 4 aromatic heterocycles. The molecule has 52 heavy (non-hydrogen) atoms. The summed E-state index contributed by atoms with van der Waals surface area (Å²) in [7, 11) is 1.67. The van der Waals surface area contributed by atoms with E-state index in [-0.39, 0.29) is 42.2 Å². The highest BCUT2D eigenvalue weighted by Crippen LogP contribution is 2.50. The Kier molecular flexibility index (Phi) is 7.68. The summed E-state index contributed by atoms with van der Waals surface area (Å²) in [6.07, 6.45) is 0.562. The van der Waals surface area contributed by atoms with Crippen LogP contribution in [0.4, 0.5) is 19.0 Å². The second kappa shape index (κ2) is 12.3. The Bertz CT molecular complexity index is 2450. The number of aryl methyl sites for hydroxylation is 2. The number of nitrogens with one attached hydrogen (secondary N) is 2. The first-order chi connectivity index (χ1) is 25.2. The van der Waals surface area contributed by atoms with Gasteiger partial charge in [-0.1, -0.05) is 35.5 Å². The van der Waals surface area contributed by atoms with E-state index in [1.807, 2.05) is 29.2 Å². The number of carbonyl (C=O) groups is 1. The smallest absolute Gasteiger partial charge is 0.439 e. The average Bonchev–Trinajstić information content (AvgIpc) is 3.98. The number of aromatic nitrogens is 4. The first-order valence-electron chi connectivity index (χ1n) is 17.1. The van der Waals surface area contributed by atoms with E-state index in [1.54, 1.807) is 19.4 Å². The van der Waals surface area contributed by atoms with Crippen molar-refractivity contribution in [2.24, 2.45) is 0 Å². The number of alkyl halides is 3. The van der Waals surface area contributed by atoms with Crippen molar-refractivity contribution in [2.75, 3.05) is 19.0 Å². The van der Waals surface area contributed by atoms with Gasteiger partial charge in [0.2, 0.25) is 0 Å². The summed E-state index contributed by atoms with van der Waals surface area (Å²) >= 11 is 1.44. The molecule has 0 bridgehead atoms. The van der Waals surface area contributed by atoms with Gasteiger partial charge in [-0.05, 0) is 84.9 Å². The maximum atomic E-state index is 14.2. The lowest BCUT2D eigenvalue weighted by Crippen LogP contribution is -2.22. The van der Waals surface area contributed by atoms with Crippen LogP contribution in [0.25, 0.3) is 31.9 Å². The van der Waals surface area contributed by atoms with Gasteiger partial charge in [-0.2, -0.15) is 13.2 Å². The minimum Gasteiger partial charge on any atom is -0.496 e. The Morgan fingerprint density at radius 3 is 2.73 bits per heavy atom. The zero-order chi connectivity index (χ0) is 35.7. The Balaban J connectivity index is 1.21. The molecule has 9 rings (SSSR count). The number of methoxy groups -OCH3 is 1. The van der Waals surface area contributed by atoms with Crippen LogP contribution in [0.1, 0.15) is 75.3 Å². The number of hydrogen-bond donors (Lipinski definition) is 2. The fourth-order valence-electron chi connectivity index (χ4n) is 8.16. The number of rotatable bonds is 8. The topological polar surface area (TPSA) is 126 Å². The Morgan fingerprint density at radius 1 is 1.06 bits per heavy atom. The van der Waals surface area contributed by atoms with Gasteiger partial charge in [0, 0.05) is 23.2 Å². The molecular formula is C38H31F3N6O4S. The molecule has 6 aromatic rings. The molecule has 0 saturated carbocycles. The SMILES string of the molecule is COc1cccc2c1CC[C@H]2Nc1nccc2cc(-c3c4c(nc(CCc5ccccc5C(F)(F)F)c3-c3noc(=O)[nH]3)[C@@H]3CCCN3C4=O)sc12. The van der Waals surface area contributed by atoms with Crippen molar-refractivity contribution >= 4 is 33.1 Å². The van der Waals surface area contributed by atoms with Crippen LogP contribution in [-0.2, 0) is 25.4 Å². The molecule has 2 atom stereocenters. The molecule has 2 aromatic carbocycles. The van der Waals surface area contributed by atoms with Crippen molar-refractivity contribution in [2.45, 2.75) is 56.8 Å². The summed E-state index contributed by atoms with van der Waals surface area (Å²) < 4.78 is 53.5. The van der Waals surface area contributed by atoms with Crippen LogP contribution in [0.5, 0.6) is 5.75 Å². The lowest BCUT2D eigenvalue weighted by Gasteiger charge is -2.17. The number of H-pyrrole nitrogens is 1. The van der Waals surface area contributed by atoms with Crippen molar-refractivity contribution in [1.82, 2.24) is 25.0 Å². The second-order valence-corrected chi connectivity index (χ2v) is 14.3. The van der Waals surface area contributed by atoms with E-state index < -0.39 is 17.5 Å². The van der Waals surface area contributed by atoms with Gasteiger partial charge in [0.05, 0.1) is 52.0 Å². The zero-order valence-corrected chi connectivity index (χ0v) is 28.7. The van der Waals surface area contributed by atoms with E-state index in [0.29, 0.717) is 45.3 Å². The van der Waals surface area contributed by atoms with Gasteiger partial charge in [0.25, 0.3) is 5.91 Å².